The van der Waals surface area contributed by atoms with Crippen molar-refractivity contribution in [3.63, 3.8) is 0 Å². The van der Waals surface area contributed by atoms with Crippen molar-refractivity contribution in [2.24, 2.45) is 4.99 Å². The van der Waals surface area contributed by atoms with Crippen LogP contribution in [-0.2, 0) is 5.41 Å². The lowest BCUT2D eigenvalue weighted by Gasteiger charge is -2.42. The fraction of sp³-hybridized carbons (Fsp3) is 0.500. The Hall–Kier alpha value is -1.31. The van der Waals surface area contributed by atoms with E-state index >= 15 is 0 Å². The Morgan fingerprint density at radius 1 is 1.31 bits per heavy atom. The Morgan fingerprint density at radius 3 is 2.75 bits per heavy atom. The quantitative estimate of drug-likeness (QED) is 0.803. The molecule has 2 heteroatoms. The van der Waals surface area contributed by atoms with E-state index in [1.54, 1.807) is 0 Å². The van der Waals surface area contributed by atoms with E-state index < -0.39 is 0 Å². The first kappa shape index (κ1) is 9.88. The van der Waals surface area contributed by atoms with Crippen LogP contribution in [-0.4, -0.2) is 18.9 Å². The number of rotatable bonds is 2. The Bertz CT molecular complexity index is 430. The molecule has 2 nitrogen and oxygen atoms in total. The van der Waals surface area contributed by atoms with Crippen LogP contribution in [0.3, 0.4) is 0 Å². The number of hydrogen-bond donors (Lipinski definition) is 1. The minimum absolute atomic E-state index is 0.225. The number of amidine groups is 1. The van der Waals surface area contributed by atoms with Gasteiger partial charge in [-0.05, 0) is 25.3 Å². The average Bonchev–Trinajstić information content (AvgIpc) is 2.70. The summed E-state index contributed by atoms with van der Waals surface area (Å²) in [6.45, 7) is 4.13. The van der Waals surface area contributed by atoms with Gasteiger partial charge < -0.3 is 5.32 Å². The molecular formula is C14H18N2. The number of nitrogens with one attached hydrogen (secondary N) is 1. The molecule has 2 aliphatic rings. The summed E-state index contributed by atoms with van der Waals surface area (Å²) in [5.41, 5.74) is 3.02. The van der Waals surface area contributed by atoms with Crippen LogP contribution in [0.5, 0.6) is 0 Å². The first-order valence-electron chi connectivity index (χ1n) is 6.17. The Labute approximate surface area is 96.8 Å². The van der Waals surface area contributed by atoms with Crippen LogP contribution in [0.15, 0.2) is 29.3 Å². The van der Waals surface area contributed by atoms with Gasteiger partial charge in [0, 0.05) is 6.54 Å². The minimum Gasteiger partial charge on any atom is -0.371 e. The molecule has 0 bridgehead atoms. The minimum atomic E-state index is 0.225. The highest BCUT2D eigenvalue weighted by atomic mass is 15.1. The highest BCUT2D eigenvalue weighted by Gasteiger charge is 2.44. The van der Waals surface area contributed by atoms with E-state index in [9.17, 15) is 0 Å². The molecule has 1 saturated carbocycles. The molecular weight excluding hydrogens is 196 g/mol. The van der Waals surface area contributed by atoms with E-state index in [-0.39, 0.29) is 5.41 Å². The van der Waals surface area contributed by atoms with Gasteiger partial charge in [0.2, 0.25) is 0 Å². The summed E-state index contributed by atoms with van der Waals surface area (Å²) in [6.07, 6.45) is 3.83. The molecule has 0 amide bonds. The molecule has 16 heavy (non-hydrogen) atoms. The molecule has 0 saturated heterocycles. The van der Waals surface area contributed by atoms with Gasteiger partial charge in [-0.15, -0.1) is 0 Å². The predicted molar refractivity (Wildman–Crippen MR) is 67.0 cm³/mol. The summed E-state index contributed by atoms with van der Waals surface area (Å²) in [7, 11) is 0. The zero-order chi connectivity index (χ0) is 11.0. The van der Waals surface area contributed by atoms with Crippen LogP contribution >= 0.6 is 0 Å². The molecule has 84 valence electrons. The highest BCUT2D eigenvalue weighted by molar-refractivity contribution is 5.95. The summed E-state index contributed by atoms with van der Waals surface area (Å²) in [5, 5.41) is 3.47. The zero-order valence-electron chi connectivity index (χ0n) is 9.79. The second-order valence-electron chi connectivity index (χ2n) is 4.96. The van der Waals surface area contributed by atoms with Gasteiger partial charge in [-0.2, -0.15) is 0 Å². The standard InChI is InChI=1S/C14H18N2/c1-11-4-2-5-12(10-11)14(6-3-7-14)13-15-8-9-16-13/h2,4-5,10H,3,6-9H2,1H3,(H,15,16). The average molecular weight is 214 g/mol. The second-order valence-corrected chi connectivity index (χ2v) is 4.96. The first-order valence-corrected chi connectivity index (χ1v) is 6.17. The number of hydrogen-bond acceptors (Lipinski definition) is 2. The highest BCUT2D eigenvalue weighted by Crippen LogP contribution is 2.45. The third kappa shape index (κ3) is 1.36. The molecule has 0 unspecified atom stereocenters. The van der Waals surface area contributed by atoms with Gasteiger partial charge in [-0.3, -0.25) is 4.99 Å². The third-order valence-electron chi connectivity index (χ3n) is 3.91. The van der Waals surface area contributed by atoms with Crippen molar-refractivity contribution in [2.75, 3.05) is 13.1 Å². The SMILES string of the molecule is Cc1cccc(C2(C3=NCCN3)CCC2)c1. The van der Waals surface area contributed by atoms with Crippen LogP contribution in [0.1, 0.15) is 30.4 Å². The number of aryl methyl sites for hydroxylation is 1. The van der Waals surface area contributed by atoms with Crippen molar-refractivity contribution in [2.45, 2.75) is 31.6 Å². The van der Waals surface area contributed by atoms with Crippen LogP contribution in [0.2, 0.25) is 0 Å². The van der Waals surface area contributed by atoms with E-state index in [1.807, 2.05) is 0 Å². The van der Waals surface area contributed by atoms with Crippen LogP contribution < -0.4 is 5.32 Å². The first-order chi connectivity index (χ1) is 7.81. The van der Waals surface area contributed by atoms with Crippen molar-refractivity contribution < 1.29 is 0 Å². The lowest BCUT2D eigenvalue weighted by molar-refractivity contribution is 0.335. The smallest absolute Gasteiger partial charge is 0.107 e. The van der Waals surface area contributed by atoms with Crippen LogP contribution in [0, 0.1) is 6.92 Å². The Morgan fingerprint density at radius 2 is 2.19 bits per heavy atom. The lowest BCUT2D eigenvalue weighted by atomic mass is 9.63. The summed E-state index contributed by atoms with van der Waals surface area (Å²) >= 11 is 0. The lowest BCUT2D eigenvalue weighted by Crippen LogP contribution is -2.47. The molecule has 3 rings (SSSR count). The van der Waals surface area contributed by atoms with Gasteiger partial charge in [0.1, 0.15) is 5.84 Å². The van der Waals surface area contributed by atoms with Gasteiger partial charge >= 0.3 is 0 Å². The van der Waals surface area contributed by atoms with Gasteiger partial charge in [-0.1, -0.05) is 36.2 Å². The fourth-order valence-corrected chi connectivity index (χ4v) is 2.85. The Kier molecular flexibility index (Phi) is 2.23. The normalized spacial score (nSPS) is 22.2. The molecule has 1 aliphatic heterocycles. The maximum Gasteiger partial charge on any atom is 0.107 e. The molecule has 1 aromatic rings. The summed E-state index contributed by atoms with van der Waals surface area (Å²) in [4.78, 5) is 4.64. The van der Waals surface area contributed by atoms with Gasteiger partial charge in [-0.25, -0.2) is 0 Å². The van der Waals surface area contributed by atoms with Crippen molar-refractivity contribution in [3.8, 4) is 0 Å². The van der Waals surface area contributed by atoms with E-state index in [2.05, 4.69) is 41.5 Å². The third-order valence-corrected chi connectivity index (χ3v) is 3.91. The number of aliphatic imine (C=N–C) groups is 1. The van der Waals surface area contributed by atoms with Gasteiger partial charge in [0.15, 0.2) is 0 Å². The summed E-state index contributed by atoms with van der Waals surface area (Å²) in [5.74, 6) is 1.24. The van der Waals surface area contributed by atoms with Gasteiger partial charge in [0.25, 0.3) is 0 Å². The predicted octanol–water partition coefficient (Wildman–Crippen LogP) is 2.42. The van der Waals surface area contributed by atoms with Gasteiger partial charge in [0.05, 0.1) is 12.0 Å². The van der Waals surface area contributed by atoms with Crippen molar-refractivity contribution in [1.29, 1.82) is 0 Å². The zero-order valence-corrected chi connectivity index (χ0v) is 9.79. The van der Waals surface area contributed by atoms with E-state index in [0.29, 0.717) is 0 Å². The maximum atomic E-state index is 4.64. The molecule has 0 aromatic heterocycles. The van der Waals surface area contributed by atoms with Crippen molar-refractivity contribution >= 4 is 5.84 Å². The molecule has 1 N–H and O–H groups in total. The molecule has 0 atom stereocenters. The molecule has 1 aliphatic carbocycles. The summed E-state index contributed by atoms with van der Waals surface area (Å²) < 4.78 is 0. The molecule has 1 aromatic carbocycles. The molecule has 0 spiro atoms. The van der Waals surface area contributed by atoms with E-state index in [0.717, 1.165) is 13.1 Å². The molecule has 1 heterocycles. The molecule has 1 fully saturated rings. The Balaban J connectivity index is 2.01. The van der Waals surface area contributed by atoms with Crippen LogP contribution in [0.25, 0.3) is 0 Å². The largest absolute Gasteiger partial charge is 0.371 e. The van der Waals surface area contributed by atoms with E-state index in [4.69, 9.17) is 0 Å². The topological polar surface area (TPSA) is 24.4 Å². The number of nitrogens with zero attached hydrogens (tertiary/aromatic N) is 1. The maximum absolute atomic E-state index is 4.64. The monoisotopic (exact) mass is 214 g/mol. The van der Waals surface area contributed by atoms with Crippen LogP contribution in [0.4, 0.5) is 0 Å². The number of benzene rings is 1. The second kappa shape index (κ2) is 3.62. The fourth-order valence-electron chi connectivity index (χ4n) is 2.85. The van der Waals surface area contributed by atoms with Crippen molar-refractivity contribution in [1.82, 2.24) is 5.32 Å². The van der Waals surface area contributed by atoms with E-state index in [1.165, 1.54) is 36.2 Å². The molecule has 0 radical (unpaired) electrons. The van der Waals surface area contributed by atoms with Crippen molar-refractivity contribution in [3.05, 3.63) is 35.4 Å². The summed E-state index contributed by atoms with van der Waals surface area (Å²) in [6, 6.07) is 8.91.